The van der Waals surface area contributed by atoms with Crippen LogP contribution in [0.2, 0.25) is 0 Å². The van der Waals surface area contributed by atoms with Crippen LogP contribution in [0.4, 0.5) is 0 Å². The molecule has 6 unspecified atom stereocenters. The molecule has 1 aliphatic heterocycles. The maximum atomic E-state index is 12.4. The molecule has 0 radical (unpaired) electrons. The summed E-state index contributed by atoms with van der Waals surface area (Å²) in [7, 11) is 3.40. The van der Waals surface area contributed by atoms with Crippen molar-refractivity contribution >= 4 is 0 Å². The molecule has 7 nitrogen and oxygen atoms in total. The highest BCUT2D eigenvalue weighted by Crippen LogP contribution is 2.79. The SMILES string of the molecule is CCN1C[C@]2(CO)CCC(O)[C@]34C1C(C(OC)[C@H]23)[C@@]1(O)CC(OC)[C@H]2C[C@@H]4[C@@H]1C2O. The lowest BCUT2D eigenvalue weighted by Gasteiger charge is -2.68. The zero-order chi connectivity index (χ0) is 21.2. The van der Waals surface area contributed by atoms with Crippen LogP contribution in [0.3, 0.4) is 0 Å². The molecule has 13 atom stereocenters. The topological polar surface area (TPSA) is 103 Å². The lowest BCUT2D eigenvalue weighted by atomic mass is 9.43. The highest BCUT2D eigenvalue weighted by molar-refractivity contribution is 5.35. The molecular weight excluding hydrogens is 386 g/mol. The van der Waals surface area contributed by atoms with Crippen LogP contribution in [0.1, 0.15) is 32.6 Å². The van der Waals surface area contributed by atoms with Crippen LogP contribution in [0.15, 0.2) is 0 Å². The van der Waals surface area contributed by atoms with E-state index in [-0.39, 0.29) is 59.9 Å². The Bertz CT molecular complexity index is 736. The fourth-order valence-electron chi connectivity index (χ4n) is 10.4. The van der Waals surface area contributed by atoms with E-state index in [0.29, 0.717) is 12.8 Å². The lowest BCUT2D eigenvalue weighted by Crippen LogP contribution is -2.76. The van der Waals surface area contributed by atoms with Crippen molar-refractivity contribution in [1.82, 2.24) is 4.90 Å². The Morgan fingerprint density at radius 3 is 2.53 bits per heavy atom. The van der Waals surface area contributed by atoms with Crippen molar-refractivity contribution < 1.29 is 29.9 Å². The number of piperidine rings is 1. The van der Waals surface area contributed by atoms with Gasteiger partial charge in [0.05, 0.1) is 36.6 Å². The largest absolute Gasteiger partial charge is 0.396 e. The normalized spacial score (nSPS) is 63.3. The first-order valence-electron chi connectivity index (χ1n) is 11.8. The number of hydrogen-bond donors (Lipinski definition) is 4. The molecule has 7 heteroatoms. The Kier molecular flexibility index (Phi) is 4.19. The number of ether oxygens (including phenoxy) is 2. The third-order valence-electron chi connectivity index (χ3n) is 11.0. The van der Waals surface area contributed by atoms with Crippen LogP contribution in [0, 0.1) is 40.4 Å². The van der Waals surface area contributed by atoms with Crippen LogP contribution >= 0.6 is 0 Å². The number of nitrogens with zero attached hydrogens (tertiary/aromatic N) is 1. The van der Waals surface area contributed by atoms with Gasteiger partial charge in [-0.05, 0) is 31.7 Å². The molecule has 1 saturated heterocycles. The summed E-state index contributed by atoms with van der Waals surface area (Å²) in [4.78, 5) is 2.42. The summed E-state index contributed by atoms with van der Waals surface area (Å²) in [5.74, 6) is -0.480. The van der Waals surface area contributed by atoms with E-state index in [0.717, 1.165) is 25.9 Å². The summed E-state index contributed by atoms with van der Waals surface area (Å²) >= 11 is 0. The Morgan fingerprint density at radius 2 is 1.90 bits per heavy atom. The predicted octanol–water partition coefficient (Wildman–Crippen LogP) is -0.152. The number of hydrogen-bond acceptors (Lipinski definition) is 7. The standard InChI is InChI=1S/C23H37NO6/c1-4-24-9-21(10-25)6-5-14(26)23-12-7-11-13(29-2)8-22(28,15(12)17(11)27)16(20(23)24)18(30-3)19(21)23/h11-20,25-28H,4-10H2,1-3H3/t11-,12-,13?,14?,15-,16?,17?,18?,19-,20?,21+,22-,23+/m1/s1. The maximum Gasteiger partial charge on any atom is 0.0796 e. The number of aliphatic hydroxyl groups is 4. The molecule has 6 rings (SSSR count). The maximum absolute atomic E-state index is 12.4. The summed E-state index contributed by atoms with van der Waals surface area (Å²) in [5, 5.41) is 46.2. The van der Waals surface area contributed by atoms with Crippen LogP contribution in [-0.4, -0.2) is 95.3 Å². The van der Waals surface area contributed by atoms with Gasteiger partial charge in [-0.25, -0.2) is 0 Å². The van der Waals surface area contributed by atoms with Crippen molar-refractivity contribution in [2.24, 2.45) is 40.4 Å². The second kappa shape index (κ2) is 6.19. The molecule has 7 bridgehead atoms. The second-order valence-electron chi connectivity index (χ2n) is 11.3. The van der Waals surface area contributed by atoms with Crippen molar-refractivity contribution in [3.63, 3.8) is 0 Å². The van der Waals surface area contributed by atoms with Crippen LogP contribution < -0.4 is 0 Å². The van der Waals surface area contributed by atoms with Crippen LogP contribution in [-0.2, 0) is 9.47 Å². The van der Waals surface area contributed by atoms with Gasteiger partial charge < -0.3 is 29.9 Å². The van der Waals surface area contributed by atoms with Gasteiger partial charge in [-0.15, -0.1) is 0 Å². The molecule has 1 heterocycles. The predicted molar refractivity (Wildman–Crippen MR) is 107 cm³/mol. The quantitative estimate of drug-likeness (QED) is 0.499. The van der Waals surface area contributed by atoms with E-state index in [1.54, 1.807) is 14.2 Å². The first-order valence-corrected chi connectivity index (χ1v) is 11.8. The van der Waals surface area contributed by atoms with Gasteiger partial charge in [-0.1, -0.05) is 6.92 Å². The van der Waals surface area contributed by atoms with Gasteiger partial charge in [0.15, 0.2) is 0 Å². The summed E-state index contributed by atoms with van der Waals surface area (Å²) in [6, 6.07) is 0.000214. The number of aliphatic hydroxyl groups excluding tert-OH is 3. The van der Waals surface area contributed by atoms with E-state index in [9.17, 15) is 20.4 Å². The average Bonchev–Trinajstić information content (AvgIpc) is 3.15. The fraction of sp³-hybridized carbons (Fsp3) is 1.00. The molecule has 5 saturated carbocycles. The van der Waals surface area contributed by atoms with Gasteiger partial charge in [0.2, 0.25) is 0 Å². The molecule has 0 aromatic carbocycles. The van der Waals surface area contributed by atoms with Crippen molar-refractivity contribution in [3.8, 4) is 0 Å². The molecule has 6 aliphatic rings. The molecular formula is C23H37NO6. The van der Waals surface area contributed by atoms with Gasteiger partial charge in [0.1, 0.15) is 0 Å². The zero-order valence-corrected chi connectivity index (χ0v) is 18.3. The molecule has 6 fully saturated rings. The van der Waals surface area contributed by atoms with E-state index in [1.807, 2.05) is 0 Å². The number of methoxy groups -OCH3 is 2. The molecule has 0 amide bonds. The molecule has 1 spiro atoms. The molecule has 170 valence electrons. The van der Waals surface area contributed by atoms with E-state index in [1.165, 1.54) is 0 Å². The molecule has 30 heavy (non-hydrogen) atoms. The van der Waals surface area contributed by atoms with Crippen molar-refractivity contribution in [2.75, 3.05) is 33.9 Å². The first kappa shape index (κ1) is 20.3. The first-order chi connectivity index (χ1) is 14.4. The van der Waals surface area contributed by atoms with E-state index < -0.39 is 23.2 Å². The Balaban J connectivity index is 1.64. The van der Waals surface area contributed by atoms with Crippen LogP contribution in [0.5, 0.6) is 0 Å². The number of fused-ring (bicyclic) bond motifs is 2. The van der Waals surface area contributed by atoms with Crippen molar-refractivity contribution in [3.05, 3.63) is 0 Å². The Labute approximate surface area is 178 Å². The minimum absolute atomic E-state index is 0.000214. The van der Waals surface area contributed by atoms with Crippen molar-refractivity contribution in [2.45, 2.75) is 68.7 Å². The molecule has 5 aliphatic carbocycles. The third-order valence-corrected chi connectivity index (χ3v) is 11.0. The summed E-state index contributed by atoms with van der Waals surface area (Å²) in [6.45, 7) is 3.81. The third kappa shape index (κ3) is 1.88. The number of rotatable bonds is 4. The smallest absolute Gasteiger partial charge is 0.0796 e. The Morgan fingerprint density at radius 1 is 1.13 bits per heavy atom. The van der Waals surface area contributed by atoms with Gasteiger partial charge in [-0.2, -0.15) is 0 Å². The van der Waals surface area contributed by atoms with Gasteiger partial charge in [-0.3, -0.25) is 4.90 Å². The lowest BCUT2D eigenvalue weighted by molar-refractivity contribution is -0.271. The van der Waals surface area contributed by atoms with E-state index in [2.05, 4.69) is 11.8 Å². The number of likely N-dealkylation sites (tertiary alicyclic amines) is 1. The summed E-state index contributed by atoms with van der Waals surface area (Å²) in [6.07, 6.45) is 1.16. The van der Waals surface area contributed by atoms with Crippen LogP contribution in [0.25, 0.3) is 0 Å². The molecule has 0 aromatic heterocycles. The summed E-state index contributed by atoms with van der Waals surface area (Å²) < 4.78 is 12.0. The average molecular weight is 424 g/mol. The molecule has 4 N–H and O–H groups in total. The minimum Gasteiger partial charge on any atom is -0.396 e. The van der Waals surface area contributed by atoms with Crippen molar-refractivity contribution in [1.29, 1.82) is 0 Å². The zero-order valence-electron chi connectivity index (χ0n) is 18.3. The highest BCUT2D eigenvalue weighted by atomic mass is 16.5. The summed E-state index contributed by atoms with van der Waals surface area (Å²) in [5.41, 5.74) is -1.89. The van der Waals surface area contributed by atoms with E-state index in [4.69, 9.17) is 9.47 Å². The molecule has 0 aromatic rings. The Hall–Kier alpha value is -0.280. The minimum atomic E-state index is -1.09. The van der Waals surface area contributed by atoms with Gasteiger partial charge in [0, 0.05) is 67.7 Å². The van der Waals surface area contributed by atoms with Gasteiger partial charge >= 0.3 is 0 Å². The highest BCUT2D eigenvalue weighted by Gasteiger charge is 2.86. The van der Waals surface area contributed by atoms with E-state index >= 15 is 0 Å². The fourth-order valence-corrected chi connectivity index (χ4v) is 10.4. The monoisotopic (exact) mass is 423 g/mol. The van der Waals surface area contributed by atoms with Gasteiger partial charge in [0.25, 0.3) is 0 Å². The second-order valence-corrected chi connectivity index (χ2v) is 11.3.